The van der Waals surface area contributed by atoms with E-state index in [4.69, 9.17) is 4.98 Å². The zero-order valence-corrected chi connectivity index (χ0v) is 13.0. The van der Waals surface area contributed by atoms with Gasteiger partial charge in [-0.25, -0.2) is 4.98 Å². The summed E-state index contributed by atoms with van der Waals surface area (Å²) in [5, 5.41) is 6.14. The highest BCUT2D eigenvalue weighted by atomic mass is 32.1. The van der Waals surface area contributed by atoms with E-state index in [0.29, 0.717) is 0 Å². The Kier molecular flexibility index (Phi) is 3.72. The number of aryl methyl sites for hydroxylation is 1. The van der Waals surface area contributed by atoms with E-state index < -0.39 is 0 Å². The largest absolute Gasteiger partial charge is 0.365 e. The van der Waals surface area contributed by atoms with Gasteiger partial charge in [0, 0.05) is 48.9 Å². The van der Waals surface area contributed by atoms with Gasteiger partial charge in [0.1, 0.15) is 0 Å². The predicted molar refractivity (Wildman–Crippen MR) is 84.3 cm³/mol. The fourth-order valence-electron chi connectivity index (χ4n) is 2.68. The number of anilines is 1. The van der Waals surface area contributed by atoms with Gasteiger partial charge in [-0.3, -0.25) is 9.88 Å². The van der Waals surface area contributed by atoms with Crippen molar-refractivity contribution < 1.29 is 0 Å². The summed E-state index contributed by atoms with van der Waals surface area (Å²) in [4.78, 5) is 11.9. The first-order valence-electron chi connectivity index (χ1n) is 7.06. The van der Waals surface area contributed by atoms with Crippen LogP contribution >= 0.6 is 11.3 Å². The molecule has 0 fully saturated rings. The molecule has 0 saturated heterocycles. The second kappa shape index (κ2) is 5.50. The zero-order chi connectivity index (χ0) is 14.1. The van der Waals surface area contributed by atoms with Crippen LogP contribution in [0.15, 0.2) is 11.4 Å². The molecular formula is C15H20N4S. The molecule has 0 aromatic carbocycles. The van der Waals surface area contributed by atoms with E-state index in [1.165, 1.54) is 16.8 Å². The first-order chi connectivity index (χ1) is 9.71. The second-order valence-corrected chi connectivity index (χ2v) is 5.99. The van der Waals surface area contributed by atoms with Crippen LogP contribution in [0.25, 0.3) is 11.3 Å². The summed E-state index contributed by atoms with van der Waals surface area (Å²) in [6.45, 7) is 7.53. The summed E-state index contributed by atoms with van der Waals surface area (Å²) in [7, 11) is 1.90. The van der Waals surface area contributed by atoms with Crippen molar-refractivity contribution >= 4 is 16.5 Å². The Bertz CT molecular complexity index is 620. The van der Waals surface area contributed by atoms with Crippen molar-refractivity contribution in [3.8, 4) is 11.3 Å². The first-order valence-corrected chi connectivity index (χ1v) is 7.94. The minimum atomic E-state index is 0.951. The number of nitrogens with zero attached hydrogens (tertiary/aromatic N) is 3. The van der Waals surface area contributed by atoms with Crippen LogP contribution in [0, 0.1) is 6.92 Å². The standard InChI is InChI=1S/C15H20N4S/c1-4-19-6-5-13-11(8-19)7-12(10(2)17-13)14-9-20-15(16-3)18-14/h7,9H,4-6,8H2,1-3H3,(H,16,18). The van der Waals surface area contributed by atoms with Gasteiger partial charge in [0.2, 0.25) is 0 Å². The molecule has 0 amide bonds. The van der Waals surface area contributed by atoms with Crippen LogP contribution in [-0.2, 0) is 13.0 Å². The smallest absolute Gasteiger partial charge is 0.182 e. The van der Waals surface area contributed by atoms with Crippen molar-refractivity contribution in [1.29, 1.82) is 0 Å². The Hall–Kier alpha value is -1.46. The van der Waals surface area contributed by atoms with Gasteiger partial charge in [0.15, 0.2) is 5.13 Å². The van der Waals surface area contributed by atoms with Crippen molar-refractivity contribution in [2.45, 2.75) is 26.8 Å². The van der Waals surface area contributed by atoms with E-state index in [-0.39, 0.29) is 0 Å². The van der Waals surface area contributed by atoms with Crippen molar-refractivity contribution in [3.63, 3.8) is 0 Å². The molecule has 1 aliphatic heterocycles. The maximum atomic E-state index is 4.81. The van der Waals surface area contributed by atoms with E-state index in [0.717, 1.165) is 42.6 Å². The van der Waals surface area contributed by atoms with Gasteiger partial charge in [0.25, 0.3) is 0 Å². The molecule has 20 heavy (non-hydrogen) atoms. The number of pyridine rings is 1. The first kappa shape index (κ1) is 13.5. The lowest BCUT2D eigenvalue weighted by Gasteiger charge is -2.27. The Labute approximate surface area is 123 Å². The van der Waals surface area contributed by atoms with Crippen molar-refractivity contribution in [2.24, 2.45) is 0 Å². The number of aromatic nitrogens is 2. The van der Waals surface area contributed by atoms with Crippen LogP contribution in [0.4, 0.5) is 5.13 Å². The Morgan fingerprint density at radius 1 is 1.40 bits per heavy atom. The molecule has 0 saturated carbocycles. The molecule has 4 nitrogen and oxygen atoms in total. The SMILES string of the molecule is CCN1CCc2nc(C)c(-c3csc(NC)n3)cc2C1. The molecule has 0 radical (unpaired) electrons. The number of thiazole rings is 1. The van der Waals surface area contributed by atoms with Crippen LogP contribution < -0.4 is 5.32 Å². The van der Waals surface area contributed by atoms with E-state index in [9.17, 15) is 0 Å². The highest BCUT2D eigenvalue weighted by molar-refractivity contribution is 7.14. The summed E-state index contributed by atoms with van der Waals surface area (Å²) < 4.78 is 0. The molecular weight excluding hydrogens is 268 g/mol. The highest BCUT2D eigenvalue weighted by Crippen LogP contribution is 2.29. The molecule has 0 unspecified atom stereocenters. The third-order valence-corrected chi connectivity index (χ3v) is 4.74. The lowest BCUT2D eigenvalue weighted by atomic mass is 10.0. The third kappa shape index (κ3) is 2.43. The Morgan fingerprint density at radius 2 is 2.25 bits per heavy atom. The molecule has 0 spiro atoms. The molecule has 106 valence electrons. The minimum absolute atomic E-state index is 0.951. The van der Waals surface area contributed by atoms with Crippen LogP contribution in [0.5, 0.6) is 0 Å². The highest BCUT2D eigenvalue weighted by Gasteiger charge is 2.19. The number of fused-ring (bicyclic) bond motifs is 1. The topological polar surface area (TPSA) is 41.1 Å². The van der Waals surface area contributed by atoms with Gasteiger partial charge in [-0.05, 0) is 25.1 Å². The average molecular weight is 288 g/mol. The molecule has 1 N–H and O–H groups in total. The molecule has 1 aliphatic rings. The maximum absolute atomic E-state index is 4.81. The quantitative estimate of drug-likeness (QED) is 0.943. The number of hydrogen-bond donors (Lipinski definition) is 1. The third-order valence-electron chi connectivity index (χ3n) is 3.88. The fraction of sp³-hybridized carbons (Fsp3) is 0.467. The fourth-order valence-corrected chi connectivity index (χ4v) is 3.35. The van der Waals surface area contributed by atoms with Crippen LogP contribution in [0.3, 0.4) is 0 Å². The average Bonchev–Trinajstić information content (AvgIpc) is 2.94. The van der Waals surface area contributed by atoms with E-state index >= 15 is 0 Å². The summed E-state index contributed by atoms with van der Waals surface area (Å²) in [6, 6.07) is 2.29. The molecule has 2 aromatic heterocycles. The van der Waals surface area contributed by atoms with Crippen LogP contribution in [0.1, 0.15) is 23.9 Å². The predicted octanol–water partition coefficient (Wildman–Crippen LogP) is 2.93. The lowest BCUT2D eigenvalue weighted by molar-refractivity contribution is 0.265. The van der Waals surface area contributed by atoms with Crippen molar-refractivity contribution in [1.82, 2.24) is 14.9 Å². The summed E-state index contributed by atoms with van der Waals surface area (Å²) in [5.41, 5.74) is 5.90. The van der Waals surface area contributed by atoms with Gasteiger partial charge < -0.3 is 5.32 Å². The number of nitrogens with one attached hydrogen (secondary N) is 1. The molecule has 3 heterocycles. The number of rotatable bonds is 3. The molecule has 0 bridgehead atoms. The summed E-state index contributed by atoms with van der Waals surface area (Å²) in [6.07, 6.45) is 1.06. The number of likely N-dealkylation sites (N-methyl/N-ethyl adjacent to an activating group) is 1. The lowest BCUT2D eigenvalue weighted by Crippen LogP contribution is -2.31. The van der Waals surface area contributed by atoms with Crippen molar-refractivity contribution in [2.75, 3.05) is 25.5 Å². The summed E-state index contributed by atoms with van der Waals surface area (Å²) in [5.74, 6) is 0. The van der Waals surface area contributed by atoms with Crippen molar-refractivity contribution in [3.05, 3.63) is 28.4 Å². The van der Waals surface area contributed by atoms with Gasteiger partial charge in [-0.1, -0.05) is 6.92 Å². The maximum Gasteiger partial charge on any atom is 0.182 e. The van der Waals surface area contributed by atoms with Gasteiger partial charge in [0.05, 0.1) is 5.69 Å². The molecule has 3 rings (SSSR count). The van der Waals surface area contributed by atoms with Gasteiger partial charge >= 0.3 is 0 Å². The minimum Gasteiger partial charge on any atom is -0.365 e. The Morgan fingerprint density at radius 3 is 2.95 bits per heavy atom. The molecule has 5 heteroatoms. The van der Waals surface area contributed by atoms with Gasteiger partial charge in [-0.2, -0.15) is 0 Å². The molecule has 0 aliphatic carbocycles. The van der Waals surface area contributed by atoms with Crippen LogP contribution in [0.2, 0.25) is 0 Å². The monoisotopic (exact) mass is 288 g/mol. The van der Waals surface area contributed by atoms with Crippen LogP contribution in [-0.4, -0.2) is 35.0 Å². The zero-order valence-electron chi connectivity index (χ0n) is 12.2. The summed E-state index contributed by atoms with van der Waals surface area (Å²) >= 11 is 1.64. The number of hydrogen-bond acceptors (Lipinski definition) is 5. The normalized spacial score (nSPS) is 15.2. The van der Waals surface area contributed by atoms with Gasteiger partial charge in [-0.15, -0.1) is 11.3 Å². The molecule has 0 atom stereocenters. The van der Waals surface area contributed by atoms with E-state index in [1.807, 2.05) is 7.05 Å². The molecule has 2 aromatic rings. The van der Waals surface area contributed by atoms with E-state index in [1.54, 1.807) is 11.3 Å². The Balaban J connectivity index is 2.00. The second-order valence-electron chi connectivity index (χ2n) is 5.13. The van der Waals surface area contributed by atoms with E-state index in [2.05, 4.69) is 40.5 Å².